The van der Waals surface area contributed by atoms with E-state index in [-0.39, 0.29) is 5.95 Å². The summed E-state index contributed by atoms with van der Waals surface area (Å²) in [7, 11) is 5.42. The van der Waals surface area contributed by atoms with Crippen LogP contribution < -0.4 is 20.7 Å². The zero-order valence-corrected chi connectivity index (χ0v) is 11.9. The molecule has 0 aliphatic carbocycles. The van der Waals surface area contributed by atoms with E-state index in [2.05, 4.69) is 15.3 Å². The maximum Gasteiger partial charge on any atom is 0.223 e. The predicted molar refractivity (Wildman–Crippen MR) is 81.1 cm³/mol. The van der Waals surface area contributed by atoms with Crippen LogP contribution in [0.5, 0.6) is 5.75 Å². The monoisotopic (exact) mass is 273 g/mol. The molecule has 1 aromatic heterocycles. The van der Waals surface area contributed by atoms with Crippen molar-refractivity contribution in [1.29, 1.82) is 0 Å². The number of methoxy groups -OCH3 is 1. The standard InChI is InChI=1S/C14H19N5O/c1-16-12-8-13(18-14(15)17-12)19(2)9-10-6-4-5-7-11(10)20-3/h4-8H,9H2,1-3H3,(H3,15,16,17,18). The van der Waals surface area contributed by atoms with Gasteiger partial charge in [-0.25, -0.2) is 0 Å². The molecule has 0 unspecified atom stereocenters. The van der Waals surface area contributed by atoms with Crippen molar-refractivity contribution in [1.82, 2.24) is 9.97 Å². The van der Waals surface area contributed by atoms with E-state index in [4.69, 9.17) is 10.5 Å². The largest absolute Gasteiger partial charge is 0.496 e. The van der Waals surface area contributed by atoms with Crippen LogP contribution in [-0.2, 0) is 6.54 Å². The van der Waals surface area contributed by atoms with E-state index in [0.717, 1.165) is 17.1 Å². The van der Waals surface area contributed by atoms with Crippen molar-refractivity contribution in [3.05, 3.63) is 35.9 Å². The number of nitrogens with two attached hydrogens (primary N) is 1. The third-order valence-electron chi connectivity index (χ3n) is 2.98. The molecular weight excluding hydrogens is 254 g/mol. The van der Waals surface area contributed by atoms with Gasteiger partial charge in [0.2, 0.25) is 5.95 Å². The van der Waals surface area contributed by atoms with Gasteiger partial charge >= 0.3 is 0 Å². The SMILES string of the molecule is CNc1cc(N(C)Cc2ccccc2OC)nc(N)n1. The minimum absolute atomic E-state index is 0.249. The van der Waals surface area contributed by atoms with Gasteiger partial charge in [-0.3, -0.25) is 0 Å². The zero-order valence-electron chi connectivity index (χ0n) is 11.9. The van der Waals surface area contributed by atoms with E-state index in [9.17, 15) is 0 Å². The number of nitrogen functional groups attached to an aromatic ring is 1. The lowest BCUT2D eigenvalue weighted by Gasteiger charge is -2.20. The maximum atomic E-state index is 5.71. The molecule has 2 aromatic rings. The second-order valence-corrected chi connectivity index (χ2v) is 4.39. The van der Waals surface area contributed by atoms with Gasteiger partial charge in [-0.1, -0.05) is 18.2 Å². The molecule has 106 valence electrons. The first-order valence-electron chi connectivity index (χ1n) is 6.29. The molecule has 0 fully saturated rings. The molecule has 1 aromatic carbocycles. The normalized spacial score (nSPS) is 10.2. The lowest BCUT2D eigenvalue weighted by Crippen LogP contribution is -2.19. The van der Waals surface area contributed by atoms with Crippen LogP contribution in [0.1, 0.15) is 5.56 Å². The van der Waals surface area contributed by atoms with Crippen LogP contribution in [0, 0.1) is 0 Å². The molecule has 0 saturated heterocycles. The van der Waals surface area contributed by atoms with Crippen LogP contribution in [0.4, 0.5) is 17.6 Å². The highest BCUT2D eigenvalue weighted by atomic mass is 16.5. The second kappa shape index (κ2) is 6.10. The highest BCUT2D eigenvalue weighted by Gasteiger charge is 2.09. The number of nitrogens with zero attached hydrogens (tertiary/aromatic N) is 3. The Bertz CT molecular complexity index is 588. The summed E-state index contributed by atoms with van der Waals surface area (Å²) in [5.41, 5.74) is 6.79. The van der Waals surface area contributed by atoms with E-state index in [1.165, 1.54) is 0 Å². The average Bonchev–Trinajstić information content (AvgIpc) is 2.47. The van der Waals surface area contributed by atoms with Crippen LogP contribution in [0.2, 0.25) is 0 Å². The Morgan fingerprint density at radius 1 is 1.30 bits per heavy atom. The van der Waals surface area contributed by atoms with Gasteiger partial charge in [0.25, 0.3) is 0 Å². The summed E-state index contributed by atoms with van der Waals surface area (Å²) in [5, 5.41) is 2.97. The molecule has 0 bridgehead atoms. The molecular formula is C14H19N5O. The van der Waals surface area contributed by atoms with Crippen molar-refractivity contribution in [2.75, 3.05) is 37.2 Å². The predicted octanol–water partition coefficient (Wildman–Crippen LogP) is 1.75. The Labute approximate surface area is 118 Å². The fraction of sp³-hybridized carbons (Fsp3) is 0.286. The summed E-state index contributed by atoms with van der Waals surface area (Å²) in [6.45, 7) is 0.670. The maximum absolute atomic E-state index is 5.71. The first-order chi connectivity index (χ1) is 9.63. The lowest BCUT2D eigenvalue weighted by molar-refractivity contribution is 0.409. The third-order valence-corrected chi connectivity index (χ3v) is 2.98. The van der Waals surface area contributed by atoms with Crippen molar-refractivity contribution in [2.24, 2.45) is 0 Å². The van der Waals surface area contributed by atoms with Crippen molar-refractivity contribution in [3.8, 4) is 5.75 Å². The molecule has 6 heteroatoms. The molecule has 0 atom stereocenters. The third kappa shape index (κ3) is 3.09. The Morgan fingerprint density at radius 2 is 2.05 bits per heavy atom. The van der Waals surface area contributed by atoms with Gasteiger partial charge < -0.3 is 20.7 Å². The summed E-state index contributed by atoms with van der Waals surface area (Å²) >= 11 is 0. The van der Waals surface area contributed by atoms with E-state index in [1.54, 1.807) is 14.2 Å². The van der Waals surface area contributed by atoms with Gasteiger partial charge in [0, 0.05) is 32.3 Å². The fourth-order valence-electron chi connectivity index (χ4n) is 1.95. The van der Waals surface area contributed by atoms with Crippen molar-refractivity contribution < 1.29 is 4.74 Å². The molecule has 0 aliphatic heterocycles. The number of aromatic nitrogens is 2. The van der Waals surface area contributed by atoms with Gasteiger partial charge in [0.1, 0.15) is 17.4 Å². The van der Waals surface area contributed by atoms with E-state index < -0.39 is 0 Å². The molecule has 0 spiro atoms. The van der Waals surface area contributed by atoms with Crippen molar-refractivity contribution in [2.45, 2.75) is 6.54 Å². The Morgan fingerprint density at radius 3 is 2.75 bits per heavy atom. The van der Waals surface area contributed by atoms with Crippen LogP contribution in [-0.4, -0.2) is 31.2 Å². The first-order valence-corrected chi connectivity index (χ1v) is 6.29. The number of nitrogens with one attached hydrogen (secondary N) is 1. The van der Waals surface area contributed by atoms with Crippen LogP contribution >= 0.6 is 0 Å². The number of rotatable bonds is 5. The Balaban J connectivity index is 2.23. The van der Waals surface area contributed by atoms with E-state index in [0.29, 0.717) is 12.4 Å². The number of hydrogen-bond acceptors (Lipinski definition) is 6. The summed E-state index contributed by atoms with van der Waals surface area (Å²) in [4.78, 5) is 10.3. The van der Waals surface area contributed by atoms with Crippen molar-refractivity contribution in [3.63, 3.8) is 0 Å². The molecule has 0 aliphatic rings. The van der Waals surface area contributed by atoms with Gasteiger partial charge in [0.15, 0.2) is 0 Å². The molecule has 2 rings (SSSR count). The van der Waals surface area contributed by atoms with Crippen LogP contribution in [0.3, 0.4) is 0 Å². The Hall–Kier alpha value is -2.50. The van der Waals surface area contributed by atoms with Gasteiger partial charge in [-0.15, -0.1) is 0 Å². The fourth-order valence-corrected chi connectivity index (χ4v) is 1.95. The number of para-hydroxylation sites is 1. The lowest BCUT2D eigenvalue weighted by atomic mass is 10.2. The Kier molecular flexibility index (Phi) is 4.24. The minimum atomic E-state index is 0.249. The first kappa shape index (κ1) is 13.9. The zero-order chi connectivity index (χ0) is 14.5. The highest BCUT2D eigenvalue weighted by Crippen LogP contribution is 2.22. The van der Waals surface area contributed by atoms with Gasteiger partial charge in [0.05, 0.1) is 7.11 Å². The van der Waals surface area contributed by atoms with E-state index in [1.807, 2.05) is 42.3 Å². The molecule has 1 heterocycles. The van der Waals surface area contributed by atoms with Crippen molar-refractivity contribution >= 4 is 17.6 Å². The molecule has 0 radical (unpaired) electrons. The summed E-state index contributed by atoms with van der Waals surface area (Å²) in [6, 6.07) is 9.75. The number of benzene rings is 1. The molecule has 0 amide bonds. The number of ether oxygens (including phenoxy) is 1. The summed E-state index contributed by atoms with van der Waals surface area (Å²) in [5.74, 6) is 2.56. The molecule has 6 nitrogen and oxygen atoms in total. The second-order valence-electron chi connectivity index (χ2n) is 4.39. The van der Waals surface area contributed by atoms with Gasteiger partial charge in [-0.2, -0.15) is 9.97 Å². The topological polar surface area (TPSA) is 76.3 Å². The van der Waals surface area contributed by atoms with E-state index >= 15 is 0 Å². The quantitative estimate of drug-likeness (QED) is 0.864. The highest BCUT2D eigenvalue weighted by molar-refractivity contribution is 5.52. The summed E-state index contributed by atoms with van der Waals surface area (Å²) in [6.07, 6.45) is 0. The smallest absolute Gasteiger partial charge is 0.223 e. The number of anilines is 3. The van der Waals surface area contributed by atoms with Gasteiger partial charge in [-0.05, 0) is 6.07 Å². The molecule has 3 N–H and O–H groups in total. The van der Waals surface area contributed by atoms with Crippen LogP contribution in [0.15, 0.2) is 30.3 Å². The average molecular weight is 273 g/mol. The van der Waals surface area contributed by atoms with Crippen LogP contribution in [0.25, 0.3) is 0 Å². The molecule has 20 heavy (non-hydrogen) atoms. The number of hydrogen-bond donors (Lipinski definition) is 2. The summed E-state index contributed by atoms with van der Waals surface area (Å²) < 4.78 is 5.35. The molecule has 0 saturated carbocycles. The minimum Gasteiger partial charge on any atom is -0.496 e.